The van der Waals surface area contributed by atoms with Gasteiger partial charge < -0.3 is 29.2 Å². The summed E-state index contributed by atoms with van der Waals surface area (Å²) in [7, 11) is 0. The van der Waals surface area contributed by atoms with E-state index in [1.807, 2.05) is 96.1 Å². The third-order valence-corrected chi connectivity index (χ3v) is 15.9. The molecule has 69 heavy (non-hydrogen) atoms. The molecule has 0 aliphatic carbocycles. The molecule has 0 saturated carbocycles. The largest absolute Gasteiger partial charge is 0.508 e. The Balaban J connectivity index is 0.000000930. The lowest BCUT2D eigenvalue weighted by Crippen LogP contribution is -2.28. The van der Waals surface area contributed by atoms with Crippen LogP contribution in [0.5, 0.6) is 17.2 Å². The molecule has 3 rings (SSSR count). The number of halogens is 4. The van der Waals surface area contributed by atoms with Crippen molar-refractivity contribution in [1.82, 2.24) is 0 Å². The molecule has 0 amide bonds. The molecule has 0 saturated heterocycles. The van der Waals surface area contributed by atoms with E-state index < -0.39 is 22.2 Å². The Labute approximate surface area is 447 Å². The molecule has 0 radical (unpaired) electrons. The Morgan fingerprint density at radius 1 is 0.536 bits per heavy atom. The first kappa shape index (κ1) is 66.2. The van der Waals surface area contributed by atoms with Crippen molar-refractivity contribution in [3.63, 3.8) is 0 Å². The Hall–Kier alpha value is -2.80. The molecule has 0 heterocycles. The molecule has 0 atom stereocenters. The summed E-state index contributed by atoms with van der Waals surface area (Å²) in [6, 6.07) is 5.86. The molecule has 13 heteroatoms. The fourth-order valence-corrected chi connectivity index (χ4v) is 7.81. The van der Waals surface area contributed by atoms with Crippen LogP contribution >= 0.6 is 59.4 Å². The molecule has 2 N–H and O–H groups in total. The smallest absolute Gasteiger partial charge is 0.311 e. The molecule has 392 valence electrons. The number of hydrogen-bond donors (Lipinski definition) is 2. The van der Waals surface area contributed by atoms with Crippen molar-refractivity contribution in [2.24, 2.45) is 28.1 Å². The highest BCUT2D eigenvalue weighted by molar-refractivity contribution is 9.11. The second-order valence-corrected chi connectivity index (χ2v) is 23.7. The van der Waals surface area contributed by atoms with E-state index >= 15 is 0 Å². The van der Waals surface area contributed by atoms with Crippen molar-refractivity contribution >= 4 is 77.3 Å². The molecule has 0 unspecified atom stereocenters. The Kier molecular flexibility index (Phi) is 29.7. The van der Waals surface area contributed by atoms with Crippen LogP contribution in [-0.4, -0.2) is 60.4 Å². The Morgan fingerprint density at radius 2 is 0.855 bits per heavy atom. The zero-order chi connectivity index (χ0) is 53.8. The fourth-order valence-electron chi connectivity index (χ4n) is 6.44. The van der Waals surface area contributed by atoms with Crippen LogP contribution in [0.15, 0.2) is 31.6 Å². The van der Waals surface area contributed by atoms with Gasteiger partial charge in [0.25, 0.3) is 0 Å². The quantitative estimate of drug-likeness (QED) is 0.0645. The standard InChI is InChI=1S/C20H31BrO3.C16H23BrO3.C11H21ClO2.C9H11BrO/c1-13(2)12-24-19(22)20(6,7)9-8-10-23-17-11-14(3)18(21)16(5)15(17)4;1-10-9-13(11(2)12(3)14(10)17)20-8-6-7-16(4,5)15(18)19;1-9(2)8-14-10(13)11(3,4)6-5-7-12;1-5-4-8(11)6(2)7(3)9(5)10/h11,13H,8-10,12H2,1-7H3;9H,6-8H2,1-5H3,(H,18,19);9H,5-8H2,1-4H3;4,11H,1-3H3. The number of alkyl halides is 1. The molecule has 0 aliphatic rings. The number of phenolic OH excluding ortho intramolecular Hbond substituents is 1. The topological polar surface area (TPSA) is 129 Å². The number of hydrogen-bond acceptors (Lipinski definition) is 8. The van der Waals surface area contributed by atoms with Crippen LogP contribution in [0.25, 0.3) is 0 Å². The van der Waals surface area contributed by atoms with Crippen molar-refractivity contribution < 1.29 is 43.5 Å². The molecule has 0 spiro atoms. The van der Waals surface area contributed by atoms with E-state index in [-0.39, 0.29) is 11.9 Å². The predicted octanol–water partition coefficient (Wildman–Crippen LogP) is 16.7. The monoisotopic (exact) mass is 1170 g/mol. The molecule has 9 nitrogen and oxygen atoms in total. The summed E-state index contributed by atoms with van der Waals surface area (Å²) in [6.45, 7) is 39.7. The minimum absolute atomic E-state index is 0.115. The van der Waals surface area contributed by atoms with Gasteiger partial charge in [-0.15, -0.1) is 11.6 Å². The summed E-state index contributed by atoms with van der Waals surface area (Å²) in [5.41, 5.74) is 8.57. The number of phenols is 1. The van der Waals surface area contributed by atoms with E-state index in [4.69, 9.17) is 35.7 Å². The molecule has 3 aromatic carbocycles. The van der Waals surface area contributed by atoms with E-state index in [1.54, 1.807) is 19.9 Å². The number of aliphatic carboxylic acids is 1. The Morgan fingerprint density at radius 3 is 1.19 bits per heavy atom. The van der Waals surface area contributed by atoms with E-state index in [0.717, 1.165) is 90.4 Å². The highest BCUT2D eigenvalue weighted by Gasteiger charge is 2.30. The van der Waals surface area contributed by atoms with Crippen molar-refractivity contribution in [3.8, 4) is 17.2 Å². The molecule has 3 aromatic rings. The van der Waals surface area contributed by atoms with E-state index in [2.05, 4.69) is 81.6 Å². The van der Waals surface area contributed by atoms with Gasteiger partial charge in [-0.3, -0.25) is 14.4 Å². The van der Waals surface area contributed by atoms with Gasteiger partial charge in [-0.05, 0) is 222 Å². The van der Waals surface area contributed by atoms with Gasteiger partial charge in [-0.2, -0.15) is 0 Å². The van der Waals surface area contributed by atoms with Crippen LogP contribution in [0.1, 0.15) is 158 Å². The minimum atomic E-state index is -0.760. The number of carbonyl (C=O) groups excluding carboxylic acids is 2. The van der Waals surface area contributed by atoms with Crippen LogP contribution in [0.4, 0.5) is 0 Å². The highest BCUT2D eigenvalue weighted by atomic mass is 79.9. The fraction of sp³-hybridized carbons (Fsp3) is 0.625. The number of benzene rings is 3. The zero-order valence-corrected chi connectivity index (χ0v) is 50.9. The van der Waals surface area contributed by atoms with Gasteiger partial charge in [0.1, 0.15) is 17.2 Å². The number of aromatic hydroxyl groups is 1. The molecule has 0 bridgehead atoms. The number of rotatable bonds is 20. The van der Waals surface area contributed by atoms with Gasteiger partial charge >= 0.3 is 17.9 Å². The van der Waals surface area contributed by atoms with Crippen molar-refractivity contribution in [2.75, 3.05) is 32.3 Å². The van der Waals surface area contributed by atoms with Crippen LogP contribution < -0.4 is 9.47 Å². The number of aryl methyl sites for hydroxylation is 3. The first-order valence-corrected chi connectivity index (χ1v) is 26.9. The van der Waals surface area contributed by atoms with Crippen molar-refractivity contribution in [3.05, 3.63) is 81.7 Å². The average molecular weight is 1180 g/mol. The van der Waals surface area contributed by atoms with E-state index in [9.17, 15) is 19.5 Å². The number of ether oxygens (including phenoxy) is 4. The number of carboxylic acids is 1. The number of carboxylic acid groups (broad SMARTS) is 1. The van der Waals surface area contributed by atoms with E-state index in [0.29, 0.717) is 56.3 Å². The number of carbonyl (C=O) groups is 3. The lowest BCUT2D eigenvalue weighted by Gasteiger charge is -2.23. The zero-order valence-electron chi connectivity index (χ0n) is 45.4. The van der Waals surface area contributed by atoms with Crippen molar-refractivity contribution in [2.45, 2.75) is 170 Å². The van der Waals surface area contributed by atoms with Crippen LogP contribution in [-0.2, 0) is 23.9 Å². The van der Waals surface area contributed by atoms with Crippen molar-refractivity contribution in [1.29, 1.82) is 0 Å². The molecular formula is C56H86Br3ClO9. The maximum Gasteiger partial charge on any atom is 0.311 e. The van der Waals surface area contributed by atoms with Crippen LogP contribution in [0.3, 0.4) is 0 Å². The lowest BCUT2D eigenvalue weighted by atomic mass is 9.88. The maximum atomic E-state index is 12.1. The summed E-state index contributed by atoms with van der Waals surface area (Å²) in [4.78, 5) is 34.8. The normalized spacial score (nSPS) is 11.4. The molecule has 0 aromatic heterocycles. The first-order chi connectivity index (χ1) is 31.7. The van der Waals surface area contributed by atoms with Gasteiger partial charge in [0, 0.05) is 19.3 Å². The lowest BCUT2D eigenvalue weighted by molar-refractivity contribution is -0.156. The second kappa shape index (κ2) is 30.9. The van der Waals surface area contributed by atoms with Crippen LogP contribution in [0, 0.1) is 90.4 Å². The summed E-state index contributed by atoms with van der Waals surface area (Å²) >= 11 is 16.2. The molecule has 0 fully saturated rings. The predicted molar refractivity (Wildman–Crippen MR) is 297 cm³/mol. The third-order valence-electron chi connectivity index (χ3n) is 12.0. The molecule has 0 aliphatic heterocycles. The highest BCUT2D eigenvalue weighted by Crippen LogP contribution is 2.34. The summed E-state index contributed by atoms with van der Waals surface area (Å²) in [6.07, 6.45) is 4.54. The van der Waals surface area contributed by atoms with Gasteiger partial charge in [-0.1, -0.05) is 75.5 Å². The van der Waals surface area contributed by atoms with Gasteiger partial charge in [0.05, 0.1) is 42.7 Å². The van der Waals surface area contributed by atoms with E-state index in [1.165, 1.54) is 16.7 Å². The second-order valence-electron chi connectivity index (χ2n) is 20.9. The summed E-state index contributed by atoms with van der Waals surface area (Å²) in [5.74, 6) is 2.54. The third kappa shape index (κ3) is 23.1. The average Bonchev–Trinajstić information content (AvgIpc) is 3.27. The van der Waals surface area contributed by atoms with Gasteiger partial charge in [0.15, 0.2) is 0 Å². The summed E-state index contributed by atoms with van der Waals surface area (Å²) in [5, 5.41) is 18.4. The summed E-state index contributed by atoms with van der Waals surface area (Å²) < 4.78 is 25.7. The minimum Gasteiger partial charge on any atom is -0.508 e. The van der Waals surface area contributed by atoms with Crippen LogP contribution in [0.2, 0.25) is 0 Å². The van der Waals surface area contributed by atoms with Gasteiger partial charge in [-0.25, -0.2) is 0 Å². The first-order valence-electron chi connectivity index (χ1n) is 24.0. The van der Waals surface area contributed by atoms with Gasteiger partial charge in [0.2, 0.25) is 0 Å². The Bertz CT molecular complexity index is 2100. The number of esters is 2. The maximum absolute atomic E-state index is 12.1. The molecular weight excluding hydrogens is 1090 g/mol. The SMILES string of the molecule is CC(C)COC(=O)C(C)(C)CCCCl.Cc1cc(O)c(C)c(C)c1Br.Cc1cc(OCCCC(C)(C)C(=O)O)c(C)c(C)c1Br.Cc1cc(OCCCC(C)(C)C(=O)OCC(C)C)c(C)c(C)c1Br.